The smallest absolute Gasteiger partial charge is 0.234 e. The van der Waals surface area contributed by atoms with Crippen LogP contribution in [-0.2, 0) is 4.79 Å². The van der Waals surface area contributed by atoms with Crippen LogP contribution in [0.4, 0.5) is 5.69 Å². The molecular weight excluding hydrogens is 266 g/mol. The van der Waals surface area contributed by atoms with E-state index < -0.39 is 0 Å². The van der Waals surface area contributed by atoms with E-state index >= 15 is 0 Å². The molecule has 21 heavy (non-hydrogen) atoms. The van der Waals surface area contributed by atoms with Crippen LogP contribution < -0.4 is 15.8 Å². The highest BCUT2D eigenvalue weighted by atomic mass is 16.5. The first-order valence-corrected chi connectivity index (χ1v) is 7.41. The lowest BCUT2D eigenvalue weighted by Crippen LogP contribution is -2.37. The number of benzene rings is 1. The van der Waals surface area contributed by atoms with E-state index in [9.17, 15) is 4.79 Å². The van der Waals surface area contributed by atoms with Crippen LogP contribution in [0, 0.1) is 5.92 Å². The highest BCUT2D eigenvalue weighted by Gasteiger charge is 2.06. The maximum absolute atomic E-state index is 11.6. The Bertz CT molecular complexity index is 418. The number of rotatable bonds is 9. The molecule has 0 aliphatic heterocycles. The largest absolute Gasteiger partial charge is 0.494 e. The fraction of sp³-hybridized carbons (Fsp3) is 0.562. The monoisotopic (exact) mass is 293 g/mol. The number of amides is 1. The SMILES string of the molecule is CC(C)CNC(=O)CN(C)CCCOc1ccc(N)cc1. The van der Waals surface area contributed by atoms with Gasteiger partial charge in [-0.3, -0.25) is 9.69 Å². The molecular formula is C16H27N3O2. The van der Waals surface area contributed by atoms with Crippen molar-refractivity contribution in [1.29, 1.82) is 0 Å². The zero-order valence-corrected chi connectivity index (χ0v) is 13.3. The third-order valence-electron chi connectivity index (χ3n) is 2.95. The van der Waals surface area contributed by atoms with Crippen LogP contribution in [0.3, 0.4) is 0 Å². The summed E-state index contributed by atoms with van der Waals surface area (Å²) in [6, 6.07) is 7.36. The lowest BCUT2D eigenvalue weighted by atomic mass is 10.2. The number of nitrogens with zero attached hydrogens (tertiary/aromatic N) is 1. The van der Waals surface area contributed by atoms with Crippen LogP contribution in [-0.4, -0.2) is 44.1 Å². The zero-order chi connectivity index (χ0) is 15.7. The normalized spacial score (nSPS) is 10.9. The number of hydrogen-bond acceptors (Lipinski definition) is 4. The molecule has 0 saturated heterocycles. The number of ether oxygens (including phenoxy) is 1. The number of nitrogen functional groups attached to an aromatic ring is 1. The van der Waals surface area contributed by atoms with Crippen molar-refractivity contribution in [3.05, 3.63) is 24.3 Å². The molecule has 0 aromatic heterocycles. The zero-order valence-electron chi connectivity index (χ0n) is 13.3. The van der Waals surface area contributed by atoms with Crippen molar-refractivity contribution in [3.63, 3.8) is 0 Å². The lowest BCUT2D eigenvalue weighted by molar-refractivity contribution is -0.122. The fourth-order valence-electron chi connectivity index (χ4n) is 1.79. The Balaban J connectivity index is 2.11. The molecule has 0 spiro atoms. The van der Waals surface area contributed by atoms with Gasteiger partial charge in [0.2, 0.25) is 5.91 Å². The van der Waals surface area contributed by atoms with E-state index in [4.69, 9.17) is 10.5 Å². The highest BCUT2D eigenvalue weighted by Crippen LogP contribution is 2.13. The Morgan fingerprint density at radius 3 is 2.62 bits per heavy atom. The van der Waals surface area contributed by atoms with Gasteiger partial charge in [0.25, 0.3) is 0 Å². The van der Waals surface area contributed by atoms with Gasteiger partial charge in [-0.2, -0.15) is 0 Å². The van der Waals surface area contributed by atoms with E-state index in [1.54, 1.807) is 0 Å². The van der Waals surface area contributed by atoms with Crippen molar-refractivity contribution in [2.24, 2.45) is 5.92 Å². The fourth-order valence-corrected chi connectivity index (χ4v) is 1.79. The van der Waals surface area contributed by atoms with Gasteiger partial charge in [-0.05, 0) is 43.7 Å². The number of likely N-dealkylation sites (N-methyl/N-ethyl adjacent to an activating group) is 1. The van der Waals surface area contributed by atoms with Gasteiger partial charge in [0.1, 0.15) is 5.75 Å². The average molecular weight is 293 g/mol. The second-order valence-electron chi connectivity index (χ2n) is 5.71. The number of hydrogen-bond donors (Lipinski definition) is 2. The Morgan fingerprint density at radius 1 is 1.33 bits per heavy atom. The third-order valence-corrected chi connectivity index (χ3v) is 2.95. The van der Waals surface area contributed by atoms with Crippen molar-refractivity contribution >= 4 is 11.6 Å². The van der Waals surface area contributed by atoms with Crippen molar-refractivity contribution in [3.8, 4) is 5.75 Å². The van der Waals surface area contributed by atoms with Crippen LogP contribution in [0.5, 0.6) is 5.75 Å². The minimum Gasteiger partial charge on any atom is -0.494 e. The van der Waals surface area contributed by atoms with Gasteiger partial charge in [-0.25, -0.2) is 0 Å². The van der Waals surface area contributed by atoms with E-state index in [1.807, 2.05) is 36.2 Å². The second kappa shape index (κ2) is 9.23. The standard InChI is InChI=1S/C16H27N3O2/c1-13(2)11-18-16(20)12-19(3)9-4-10-21-15-7-5-14(17)6-8-15/h5-8,13H,4,9-12,17H2,1-3H3,(H,18,20). The number of nitrogens with one attached hydrogen (secondary N) is 1. The molecule has 0 radical (unpaired) electrons. The Labute approximate surface area is 127 Å². The second-order valence-corrected chi connectivity index (χ2v) is 5.71. The number of carbonyl (C=O) groups is 1. The van der Waals surface area contributed by atoms with Crippen LogP contribution in [0.25, 0.3) is 0 Å². The third kappa shape index (κ3) is 8.19. The van der Waals surface area contributed by atoms with Gasteiger partial charge in [0, 0.05) is 18.8 Å². The number of carbonyl (C=O) groups excluding carboxylic acids is 1. The molecule has 5 heteroatoms. The predicted octanol–water partition coefficient (Wildman–Crippen LogP) is 1.74. The molecule has 0 bridgehead atoms. The summed E-state index contributed by atoms with van der Waals surface area (Å²) in [5, 5.41) is 2.91. The molecule has 1 rings (SSSR count). The molecule has 1 aromatic rings. The maximum Gasteiger partial charge on any atom is 0.234 e. The first kappa shape index (κ1) is 17.3. The first-order chi connectivity index (χ1) is 9.97. The minimum absolute atomic E-state index is 0.0747. The van der Waals surface area contributed by atoms with E-state index in [2.05, 4.69) is 19.2 Å². The quantitative estimate of drug-likeness (QED) is 0.537. The van der Waals surface area contributed by atoms with Crippen LogP contribution in [0.1, 0.15) is 20.3 Å². The number of nitrogens with two attached hydrogens (primary N) is 1. The molecule has 118 valence electrons. The summed E-state index contributed by atoms with van der Waals surface area (Å²) in [6.45, 7) is 6.77. The van der Waals surface area contributed by atoms with Crippen molar-refractivity contribution in [1.82, 2.24) is 10.2 Å². The van der Waals surface area contributed by atoms with Crippen LogP contribution >= 0.6 is 0 Å². The Kier molecular flexibility index (Phi) is 7.61. The summed E-state index contributed by atoms with van der Waals surface area (Å²) in [6.07, 6.45) is 0.873. The summed E-state index contributed by atoms with van der Waals surface area (Å²) in [7, 11) is 1.94. The van der Waals surface area contributed by atoms with Crippen molar-refractivity contribution in [2.75, 3.05) is 39.0 Å². The van der Waals surface area contributed by atoms with Crippen molar-refractivity contribution < 1.29 is 9.53 Å². The van der Waals surface area contributed by atoms with Crippen molar-refractivity contribution in [2.45, 2.75) is 20.3 Å². The summed E-state index contributed by atoms with van der Waals surface area (Å²) in [4.78, 5) is 13.7. The van der Waals surface area contributed by atoms with Gasteiger partial charge in [-0.1, -0.05) is 13.8 Å². The van der Waals surface area contributed by atoms with Crippen LogP contribution in [0.15, 0.2) is 24.3 Å². The van der Waals surface area contributed by atoms with E-state index in [1.165, 1.54) is 0 Å². The molecule has 0 aliphatic carbocycles. The predicted molar refractivity (Wildman–Crippen MR) is 86.3 cm³/mol. The van der Waals surface area contributed by atoms with Gasteiger partial charge >= 0.3 is 0 Å². The molecule has 0 atom stereocenters. The molecule has 3 N–H and O–H groups in total. The molecule has 1 amide bonds. The molecule has 0 saturated carbocycles. The lowest BCUT2D eigenvalue weighted by Gasteiger charge is -2.17. The first-order valence-electron chi connectivity index (χ1n) is 7.41. The number of anilines is 1. The summed E-state index contributed by atoms with van der Waals surface area (Å²) in [5.74, 6) is 1.37. The minimum atomic E-state index is 0.0747. The van der Waals surface area contributed by atoms with Gasteiger partial charge in [-0.15, -0.1) is 0 Å². The molecule has 0 heterocycles. The Morgan fingerprint density at radius 2 is 2.00 bits per heavy atom. The summed E-state index contributed by atoms with van der Waals surface area (Å²) < 4.78 is 5.61. The van der Waals surface area contributed by atoms with Gasteiger partial charge in [0.05, 0.1) is 13.2 Å². The summed E-state index contributed by atoms with van der Waals surface area (Å²) >= 11 is 0. The summed E-state index contributed by atoms with van der Waals surface area (Å²) in [5.41, 5.74) is 6.34. The van der Waals surface area contributed by atoms with Gasteiger partial charge < -0.3 is 15.8 Å². The van der Waals surface area contributed by atoms with E-state index in [0.717, 1.165) is 30.9 Å². The van der Waals surface area contributed by atoms with E-state index in [-0.39, 0.29) is 5.91 Å². The van der Waals surface area contributed by atoms with Crippen LogP contribution in [0.2, 0.25) is 0 Å². The van der Waals surface area contributed by atoms with Gasteiger partial charge in [0.15, 0.2) is 0 Å². The Hall–Kier alpha value is -1.75. The highest BCUT2D eigenvalue weighted by molar-refractivity contribution is 5.77. The molecule has 0 aliphatic rings. The molecule has 0 fully saturated rings. The molecule has 5 nitrogen and oxygen atoms in total. The van der Waals surface area contributed by atoms with E-state index in [0.29, 0.717) is 19.1 Å². The average Bonchev–Trinajstić information content (AvgIpc) is 2.43. The topological polar surface area (TPSA) is 67.6 Å². The molecule has 0 unspecified atom stereocenters. The molecule has 1 aromatic carbocycles. The maximum atomic E-state index is 11.6.